The van der Waals surface area contributed by atoms with Gasteiger partial charge in [0.05, 0.1) is 5.69 Å². The summed E-state index contributed by atoms with van der Waals surface area (Å²) in [4.78, 5) is 16.9. The summed E-state index contributed by atoms with van der Waals surface area (Å²) in [6, 6.07) is 15.8. The Kier molecular flexibility index (Phi) is 5.40. The highest BCUT2D eigenvalue weighted by molar-refractivity contribution is 5.90. The summed E-state index contributed by atoms with van der Waals surface area (Å²) in [5.74, 6) is 1.30. The lowest BCUT2D eigenvalue weighted by Crippen LogP contribution is -2.16. The van der Waals surface area contributed by atoms with E-state index in [1.54, 1.807) is 10.9 Å². The highest BCUT2D eigenvalue weighted by Gasteiger charge is 2.21. The molecule has 0 atom stereocenters. The molecule has 3 rings (SSSR count). The van der Waals surface area contributed by atoms with Crippen molar-refractivity contribution < 1.29 is 4.79 Å². The maximum atomic E-state index is 12.5. The van der Waals surface area contributed by atoms with Gasteiger partial charge >= 0.3 is 0 Å². The molecule has 1 amide bonds. The first-order valence-electron chi connectivity index (χ1n) is 9.20. The van der Waals surface area contributed by atoms with Crippen LogP contribution in [-0.4, -0.2) is 20.7 Å². The van der Waals surface area contributed by atoms with E-state index >= 15 is 0 Å². The maximum Gasteiger partial charge on any atom is 0.225 e. The van der Waals surface area contributed by atoms with Crippen LogP contribution in [0.5, 0.6) is 0 Å². The average molecular weight is 362 g/mol. The molecule has 0 aliphatic carbocycles. The number of pyridine rings is 1. The second-order valence-corrected chi connectivity index (χ2v) is 7.80. The number of carbonyl (C=O) groups excluding carboxylic acids is 1. The Labute approximate surface area is 160 Å². The lowest BCUT2D eigenvalue weighted by Gasteiger charge is -2.13. The minimum absolute atomic E-state index is 0.0333. The third kappa shape index (κ3) is 4.82. The van der Waals surface area contributed by atoms with Gasteiger partial charge in [-0.1, -0.05) is 56.7 Å². The van der Waals surface area contributed by atoms with Crippen LogP contribution in [0.25, 0.3) is 5.82 Å². The Morgan fingerprint density at radius 3 is 2.59 bits per heavy atom. The molecule has 0 fully saturated rings. The number of carbonyl (C=O) groups is 1. The number of hydrogen-bond acceptors (Lipinski definition) is 3. The molecule has 0 saturated heterocycles. The second kappa shape index (κ2) is 7.74. The van der Waals surface area contributed by atoms with Crippen LogP contribution in [0, 0.1) is 6.92 Å². The van der Waals surface area contributed by atoms with Crippen LogP contribution in [0.3, 0.4) is 0 Å². The van der Waals surface area contributed by atoms with Crippen molar-refractivity contribution in [2.45, 2.75) is 46.0 Å². The molecule has 0 spiro atoms. The molecule has 27 heavy (non-hydrogen) atoms. The highest BCUT2D eigenvalue weighted by atomic mass is 16.1. The first-order valence-corrected chi connectivity index (χ1v) is 9.20. The SMILES string of the molecule is Cc1cccc(CCC(=O)Nc2cc(C(C)(C)C)nn2-c2ccccn2)c1. The van der Waals surface area contributed by atoms with Crippen LogP contribution in [0.15, 0.2) is 54.7 Å². The van der Waals surface area contributed by atoms with Gasteiger partial charge in [-0.25, -0.2) is 4.98 Å². The van der Waals surface area contributed by atoms with Gasteiger partial charge in [0, 0.05) is 24.1 Å². The minimum Gasteiger partial charge on any atom is -0.311 e. The Morgan fingerprint density at radius 1 is 1.11 bits per heavy atom. The molecular formula is C22H26N4O. The van der Waals surface area contributed by atoms with Gasteiger partial charge in [0.2, 0.25) is 5.91 Å². The highest BCUT2D eigenvalue weighted by Crippen LogP contribution is 2.25. The van der Waals surface area contributed by atoms with Crippen molar-refractivity contribution in [2.75, 3.05) is 5.32 Å². The molecule has 5 heteroatoms. The number of nitrogens with one attached hydrogen (secondary N) is 1. The molecule has 3 aromatic rings. The fourth-order valence-corrected chi connectivity index (χ4v) is 2.82. The molecule has 1 aromatic carbocycles. The summed E-state index contributed by atoms with van der Waals surface area (Å²) in [5.41, 5.74) is 3.15. The van der Waals surface area contributed by atoms with E-state index in [1.165, 1.54) is 11.1 Å². The Morgan fingerprint density at radius 2 is 1.93 bits per heavy atom. The van der Waals surface area contributed by atoms with Crippen LogP contribution in [0.4, 0.5) is 5.82 Å². The van der Waals surface area contributed by atoms with Crippen LogP contribution in [0.2, 0.25) is 0 Å². The lowest BCUT2D eigenvalue weighted by atomic mass is 9.92. The van der Waals surface area contributed by atoms with E-state index in [-0.39, 0.29) is 11.3 Å². The number of anilines is 1. The number of aryl methyl sites for hydroxylation is 2. The maximum absolute atomic E-state index is 12.5. The molecule has 2 aromatic heterocycles. The molecule has 0 bridgehead atoms. The van der Waals surface area contributed by atoms with Crippen molar-refractivity contribution >= 4 is 11.7 Å². The number of aromatic nitrogens is 3. The van der Waals surface area contributed by atoms with E-state index in [2.05, 4.69) is 61.3 Å². The van der Waals surface area contributed by atoms with Crippen molar-refractivity contribution in [2.24, 2.45) is 0 Å². The molecule has 1 N–H and O–H groups in total. The molecule has 0 saturated carbocycles. The molecule has 140 valence electrons. The predicted octanol–water partition coefficient (Wildman–Crippen LogP) is 4.44. The molecule has 0 aliphatic heterocycles. The number of rotatable bonds is 5. The summed E-state index contributed by atoms with van der Waals surface area (Å²) < 4.78 is 1.70. The van der Waals surface area contributed by atoms with E-state index < -0.39 is 0 Å². The molecular weight excluding hydrogens is 336 g/mol. The standard InChI is InChI=1S/C22H26N4O/c1-16-8-7-9-17(14-16)11-12-21(27)24-20-15-18(22(2,3)4)25-26(20)19-10-5-6-13-23-19/h5-10,13-15H,11-12H2,1-4H3,(H,24,27). The van der Waals surface area contributed by atoms with Crippen molar-refractivity contribution in [3.05, 3.63) is 71.5 Å². The summed E-state index contributed by atoms with van der Waals surface area (Å²) in [7, 11) is 0. The van der Waals surface area contributed by atoms with Crippen molar-refractivity contribution in [3.8, 4) is 5.82 Å². The largest absolute Gasteiger partial charge is 0.311 e. The van der Waals surface area contributed by atoms with Crippen molar-refractivity contribution in [1.29, 1.82) is 0 Å². The van der Waals surface area contributed by atoms with Crippen LogP contribution in [-0.2, 0) is 16.6 Å². The predicted molar refractivity (Wildman–Crippen MR) is 108 cm³/mol. The number of benzene rings is 1. The molecule has 0 radical (unpaired) electrons. The van der Waals surface area contributed by atoms with Gasteiger partial charge in [0.15, 0.2) is 5.82 Å². The number of nitrogens with zero attached hydrogens (tertiary/aromatic N) is 3. The lowest BCUT2D eigenvalue weighted by molar-refractivity contribution is -0.116. The molecule has 0 unspecified atom stereocenters. The number of hydrogen-bond donors (Lipinski definition) is 1. The van der Waals surface area contributed by atoms with Gasteiger partial charge in [-0.3, -0.25) is 4.79 Å². The van der Waals surface area contributed by atoms with Crippen LogP contribution >= 0.6 is 0 Å². The Bertz CT molecular complexity index is 923. The molecule has 2 heterocycles. The number of amides is 1. The van der Waals surface area contributed by atoms with Gasteiger partial charge in [-0.05, 0) is 31.0 Å². The second-order valence-electron chi connectivity index (χ2n) is 7.80. The fraction of sp³-hybridized carbons (Fsp3) is 0.318. The third-order valence-corrected chi connectivity index (χ3v) is 4.33. The third-order valence-electron chi connectivity index (χ3n) is 4.33. The first-order chi connectivity index (χ1) is 12.8. The van der Waals surface area contributed by atoms with Gasteiger partial charge in [-0.15, -0.1) is 0 Å². The van der Waals surface area contributed by atoms with Crippen LogP contribution < -0.4 is 5.32 Å². The van der Waals surface area contributed by atoms with Gasteiger partial charge in [0.1, 0.15) is 5.82 Å². The van der Waals surface area contributed by atoms with Gasteiger partial charge in [-0.2, -0.15) is 9.78 Å². The summed E-state index contributed by atoms with van der Waals surface area (Å²) in [6.07, 6.45) is 2.84. The van der Waals surface area contributed by atoms with E-state index in [0.717, 1.165) is 5.69 Å². The molecule has 0 aliphatic rings. The monoisotopic (exact) mass is 362 g/mol. The minimum atomic E-state index is -0.124. The van der Waals surface area contributed by atoms with Crippen LogP contribution in [0.1, 0.15) is 44.0 Å². The van der Waals surface area contributed by atoms with Crippen molar-refractivity contribution in [1.82, 2.24) is 14.8 Å². The zero-order chi connectivity index (χ0) is 19.4. The van der Waals surface area contributed by atoms with E-state index in [0.29, 0.717) is 24.5 Å². The summed E-state index contributed by atoms with van der Waals surface area (Å²) in [5, 5.41) is 7.68. The van der Waals surface area contributed by atoms with Gasteiger partial charge < -0.3 is 5.32 Å². The Hall–Kier alpha value is -2.95. The topological polar surface area (TPSA) is 59.8 Å². The quantitative estimate of drug-likeness (QED) is 0.730. The average Bonchev–Trinajstić information content (AvgIpc) is 3.05. The Balaban J connectivity index is 1.78. The molecule has 5 nitrogen and oxygen atoms in total. The van der Waals surface area contributed by atoms with E-state index in [9.17, 15) is 4.79 Å². The normalized spacial score (nSPS) is 11.4. The first kappa shape index (κ1) is 18.8. The smallest absolute Gasteiger partial charge is 0.225 e. The summed E-state index contributed by atoms with van der Waals surface area (Å²) in [6.45, 7) is 8.35. The zero-order valence-electron chi connectivity index (χ0n) is 16.4. The zero-order valence-corrected chi connectivity index (χ0v) is 16.4. The van der Waals surface area contributed by atoms with E-state index in [1.807, 2.05) is 30.3 Å². The van der Waals surface area contributed by atoms with Crippen molar-refractivity contribution in [3.63, 3.8) is 0 Å². The fourth-order valence-electron chi connectivity index (χ4n) is 2.82. The summed E-state index contributed by atoms with van der Waals surface area (Å²) >= 11 is 0. The van der Waals surface area contributed by atoms with E-state index in [4.69, 9.17) is 0 Å². The van der Waals surface area contributed by atoms with Gasteiger partial charge in [0.25, 0.3) is 0 Å².